The van der Waals surface area contributed by atoms with Crippen LogP contribution in [0.2, 0.25) is 5.15 Å². The first kappa shape index (κ1) is 9.93. The molecule has 0 radical (unpaired) electrons. The Morgan fingerprint density at radius 1 is 1.50 bits per heavy atom. The van der Waals surface area contributed by atoms with E-state index >= 15 is 0 Å². The molecule has 2 rings (SSSR count). The summed E-state index contributed by atoms with van der Waals surface area (Å²) in [7, 11) is 1.98. The number of nitrogens with zero attached hydrogens (tertiary/aromatic N) is 3. The maximum absolute atomic E-state index is 6.01. The fourth-order valence-corrected chi connectivity index (χ4v) is 2.86. The van der Waals surface area contributed by atoms with E-state index in [-0.39, 0.29) is 0 Å². The number of hydrogen-bond donors (Lipinski definition) is 0. The van der Waals surface area contributed by atoms with Gasteiger partial charge in [0.1, 0.15) is 17.1 Å². The van der Waals surface area contributed by atoms with Gasteiger partial charge in [0.2, 0.25) is 0 Å². The van der Waals surface area contributed by atoms with Crippen LogP contribution in [0.1, 0.15) is 12.6 Å². The van der Waals surface area contributed by atoms with Crippen LogP contribution in [-0.2, 0) is 13.5 Å². The van der Waals surface area contributed by atoms with Gasteiger partial charge in [0.15, 0.2) is 0 Å². The lowest BCUT2D eigenvalue weighted by atomic mass is 10.3. The molecule has 0 spiro atoms. The molecule has 5 heteroatoms. The van der Waals surface area contributed by atoms with E-state index in [1.807, 2.05) is 11.6 Å². The zero-order valence-corrected chi connectivity index (χ0v) is 10.2. The van der Waals surface area contributed by atoms with Gasteiger partial charge >= 0.3 is 0 Å². The Balaban J connectivity index is 2.94. The molecule has 0 saturated heterocycles. The molecule has 0 saturated carbocycles. The van der Waals surface area contributed by atoms with E-state index in [1.54, 1.807) is 0 Å². The molecule has 0 fully saturated rings. The summed E-state index contributed by atoms with van der Waals surface area (Å²) < 4.78 is 3.04. The Labute approximate surface area is 95.2 Å². The second-order valence-electron chi connectivity index (χ2n) is 3.04. The summed E-state index contributed by atoms with van der Waals surface area (Å²) in [5.41, 5.74) is 2.05. The van der Waals surface area contributed by atoms with Crippen molar-refractivity contribution in [1.82, 2.24) is 14.5 Å². The molecule has 0 aromatic carbocycles. The topological polar surface area (TPSA) is 30.7 Å². The summed E-state index contributed by atoms with van der Waals surface area (Å²) in [4.78, 5) is 8.18. The molecule has 0 bridgehead atoms. The first-order chi connectivity index (χ1) is 6.66. The summed E-state index contributed by atoms with van der Waals surface area (Å²) >= 11 is 9.54. The van der Waals surface area contributed by atoms with Crippen molar-refractivity contribution >= 4 is 38.6 Å². The standard InChI is InChI=1S/C9H9BrClN3/c1-3-5-7(10)6-8(11)12-4-13-9(6)14(5)2/h4H,3H2,1-2H3. The first-order valence-electron chi connectivity index (χ1n) is 4.30. The Morgan fingerprint density at radius 3 is 2.79 bits per heavy atom. The van der Waals surface area contributed by atoms with Crippen molar-refractivity contribution in [3.8, 4) is 0 Å². The SMILES string of the molecule is CCc1c(Br)c2c(Cl)ncnc2n1C. The van der Waals surface area contributed by atoms with Gasteiger partial charge in [0.05, 0.1) is 9.86 Å². The molecule has 0 amide bonds. The van der Waals surface area contributed by atoms with Gasteiger partial charge in [-0.1, -0.05) is 18.5 Å². The third-order valence-corrected chi connectivity index (χ3v) is 3.45. The lowest BCUT2D eigenvalue weighted by Crippen LogP contribution is -1.95. The highest BCUT2D eigenvalue weighted by Crippen LogP contribution is 2.32. The largest absolute Gasteiger partial charge is 0.331 e. The lowest BCUT2D eigenvalue weighted by Gasteiger charge is -1.99. The van der Waals surface area contributed by atoms with Crippen LogP contribution in [-0.4, -0.2) is 14.5 Å². The van der Waals surface area contributed by atoms with E-state index in [0.717, 1.165) is 21.9 Å². The number of aromatic nitrogens is 3. The predicted molar refractivity (Wildman–Crippen MR) is 60.6 cm³/mol. The molecule has 14 heavy (non-hydrogen) atoms. The minimum absolute atomic E-state index is 0.497. The third-order valence-electron chi connectivity index (χ3n) is 2.31. The van der Waals surface area contributed by atoms with Crippen LogP contribution in [0.25, 0.3) is 11.0 Å². The van der Waals surface area contributed by atoms with Gasteiger partial charge in [-0.25, -0.2) is 9.97 Å². The lowest BCUT2D eigenvalue weighted by molar-refractivity contribution is 0.848. The molecule has 3 nitrogen and oxygen atoms in total. The number of rotatable bonds is 1. The fraction of sp³-hybridized carbons (Fsp3) is 0.333. The number of aryl methyl sites for hydroxylation is 1. The molecule has 0 aliphatic rings. The van der Waals surface area contributed by atoms with Crippen LogP contribution in [0.15, 0.2) is 10.8 Å². The van der Waals surface area contributed by atoms with Crippen molar-refractivity contribution in [3.05, 3.63) is 21.6 Å². The van der Waals surface area contributed by atoms with Crippen molar-refractivity contribution in [2.75, 3.05) is 0 Å². The van der Waals surface area contributed by atoms with Crippen LogP contribution in [0.5, 0.6) is 0 Å². The summed E-state index contributed by atoms with van der Waals surface area (Å²) in [6.45, 7) is 2.10. The van der Waals surface area contributed by atoms with Crippen molar-refractivity contribution < 1.29 is 0 Å². The van der Waals surface area contributed by atoms with E-state index in [4.69, 9.17) is 11.6 Å². The maximum atomic E-state index is 6.01. The fourth-order valence-electron chi connectivity index (χ4n) is 1.61. The van der Waals surface area contributed by atoms with E-state index in [9.17, 15) is 0 Å². The highest BCUT2D eigenvalue weighted by atomic mass is 79.9. The molecule has 0 atom stereocenters. The van der Waals surface area contributed by atoms with E-state index in [0.29, 0.717) is 5.15 Å². The Kier molecular flexibility index (Phi) is 2.49. The van der Waals surface area contributed by atoms with Crippen LogP contribution in [0.4, 0.5) is 0 Å². The normalized spacial score (nSPS) is 11.1. The average Bonchev–Trinajstić information content (AvgIpc) is 2.41. The number of halogens is 2. The Morgan fingerprint density at radius 2 is 2.21 bits per heavy atom. The van der Waals surface area contributed by atoms with Gasteiger partial charge in [-0.3, -0.25) is 0 Å². The van der Waals surface area contributed by atoms with Gasteiger partial charge in [0, 0.05) is 12.7 Å². The molecule has 2 aromatic heterocycles. The molecule has 0 aliphatic heterocycles. The van der Waals surface area contributed by atoms with Gasteiger partial charge in [0.25, 0.3) is 0 Å². The summed E-state index contributed by atoms with van der Waals surface area (Å²) in [6.07, 6.45) is 2.42. The smallest absolute Gasteiger partial charge is 0.145 e. The minimum atomic E-state index is 0.497. The Hall–Kier alpha value is -0.610. The highest BCUT2D eigenvalue weighted by molar-refractivity contribution is 9.10. The van der Waals surface area contributed by atoms with Gasteiger partial charge in [-0.15, -0.1) is 0 Å². The predicted octanol–water partition coefficient (Wildman–Crippen LogP) is 2.95. The van der Waals surface area contributed by atoms with Crippen LogP contribution in [0.3, 0.4) is 0 Å². The zero-order valence-electron chi connectivity index (χ0n) is 7.88. The second kappa shape index (κ2) is 3.51. The minimum Gasteiger partial charge on any atom is -0.331 e. The molecule has 2 heterocycles. The highest BCUT2D eigenvalue weighted by Gasteiger charge is 2.15. The number of hydrogen-bond acceptors (Lipinski definition) is 2. The molecule has 0 N–H and O–H groups in total. The van der Waals surface area contributed by atoms with Gasteiger partial charge in [-0.05, 0) is 22.4 Å². The van der Waals surface area contributed by atoms with Crippen molar-refractivity contribution in [2.45, 2.75) is 13.3 Å². The van der Waals surface area contributed by atoms with Gasteiger partial charge in [-0.2, -0.15) is 0 Å². The molecule has 74 valence electrons. The van der Waals surface area contributed by atoms with E-state index < -0.39 is 0 Å². The molecule has 2 aromatic rings. The molecule has 0 unspecified atom stereocenters. The van der Waals surface area contributed by atoms with Gasteiger partial charge < -0.3 is 4.57 Å². The first-order valence-corrected chi connectivity index (χ1v) is 5.47. The molecule has 0 aliphatic carbocycles. The molecular formula is C9H9BrClN3. The third kappa shape index (κ3) is 1.25. The van der Waals surface area contributed by atoms with Crippen molar-refractivity contribution in [2.24, 2.45) is 7.05 Å². The zero-order chi connectivity index (χ0) is 10.3. The average molecular weight is 275 g/mol. The van der Waals surface area contributed by atoms with E-state index in [2.05, 4.69) is 32.8 Å². The summed E-state index contributed by atoms with van der Waals surface area (Å²) in [6, 6.07) is 0. The summed E-state index contributed by atoms with van der Waals surface area (Å²) in [5, 5.41) is 1.39. The van der Waals surface area contributed by atoms with E-state index in [1.165, 1.54) is 12.0 Å². The number of fused-ring (bicyclic) bond motifs is 1. The van der Waals surface area contributed by atoms with Crippen LogP contribution < -0.4 is 0 Å². The van der Waals surface area contributed by atoms with Crippen molar-refractivity contribution in [3.63, 3.8) is 0 Å². The quantitative estimate of drug-likeness (QED) is 0.749. The maximum Gasteiger partial charge on any atom is 0.145 e. The monoisotopic (exact) mass is 273 g/mol. The molecular weight excluding hydrogens is 265 g/mol. The van der Waals surface area contributed by atoms with Crippen molar-refractivity contribution in [1.29, 1.82) is 0 Å². The summed E-state index contributed by atoms with van der Waals surface area (Å²) in [5.74, 6) is 0. The van der Waals surface area contributed by atoms with Crippen LogP contribution >= 0.6 is 27.5 Å². The second-order valence-corrected chi connectivity index (χ2v) is 4.19. The van der Waals surface area contributed by atoms with Crippen LogP contribution in [0, 0.1) is 0 Å². The Bertz CT molecular complexity index is 492.